The van der Waals surface area contributed by atoms with Crippen molar-refractivity contribution in [3.05, 3.63) is 23.9 Å². The number of hydrogen-bond donors (Lipinski definition) is 1. The Kier molecular flexibility index (Phi) is 3.59. The first-order chi connectivity index (χ1) is 8.41. The fraction of sp³-hybridized carbons (Fsp3) is 0.583. The summed E-state index contributed by atoms with van der Waals surface area (Å²) < 4.78 is 23.1. The molecule has 18 heavy (non-hydrogen) atoms. The maximum atomic E-state index is 11.6. The second kappa shape index (κ2) is 4.85. The minimum absolute atomic E-state index is 0.115. The molecule has 1 aromatic heterocycles. The van der Waals surface area contributed by atoms with Gasteiger partial charge >= 0.3 is 0 Å². The van der Waals surface area contributed by atoms with Crippen LogP contribution in [0.15, 0.2) is 18.3 Å². The summed E-state index contributed by atoms with van der Waals surface area (Å²) in [5, 5.41) is 9.74. The first kappa shape index (κ1) is 13.3. The first-order valence-corrected chi connectivity index (χ1v) is 7.83. The number of hydrogen-bond acceptors (Lipinski definition) is 5. The largest absolute Gasteiger partial charge is 0.389 e. The number of nitrogens with zero attached hydrogens (tertiary/aromatic N) is 2. The number of sulfone groups is 1. The highest BCUT2D eigenvalue weighted by Gasteiger charge is 2.30. The van der Waals surface area contributed by atoms with E-state index in [0.29, 0.717) is 12.4 Å². The van der Waals surface area contributed by atoms with Crippen molar-refractivity contribution in [2.45, 2.75) is 26.0 Å². The molecule has 1 N–H and O–H groups in total. The van der Waals surface area contributed by atoms with Gasteiger partial charge < -0.3 is 10.0 Å². The lowest BCUT2D eigenvalue weighted by atomic mass is 10.1. The number of rotatable bonds is 2. The second-order valence-corrected chi connectivity index (χ2v) is 6.98. The fourth-order valence-electron chi connectivity index (χ4n) is 2.29. The normalized spacial score (nSPS) is 24.8. The van der Waals surface area contributed by atoms with Crippen molar-refractivity contribution in [2.75, 3.05) is 23.0 Å². The molecule has 1 aliphatic heterocycles. The zero-order valence-electron chi connectivity index (χ0n) is 10.6. The quantitative estimate of drug-likeness (QED) is 0.859. The van der Waals surface area contributed by atoms with Gasteiger partial charge in [-0.25, -0.2) is 13.4 Å². The molecule has 1 fully saturated rings. The van der Waals surface area contributed by atoms with E-state index in [0.717, 1.165) is 5.56 Å². The van der Waals surface area contributed by atoms with Crippen LogP contribution in [0.25, 0.3) is 0 Å². The Hall–Kier alpha value is -1.14. The predicted molar refractivity (Wildman–Crippen MR) is 70.3 cm³/mol. The lowest BCUT2D eigenvalue weighted by Crippen LogP contribution is -2.47. The minimum atomic E-state index is -2.94. The maximum absolute atomic E-state index is 11.6. The third kappa shape index (κ3) is 2.64. The van der Waals surface area contributed by atoms with Gasteiger partial charge in [0.05, 0.1) is 17.6 Å². The van der Waals surface area contributed by atoms with Crippen molar-refractivity contribution in [1.82, 2.24) is 4.98 Å². The third-order valence-corrected chi connectivity index (χ3v) is 5.00. The molecule has 0 radical (unpaired) electrons. The van der Waals surface area contributed by atoms with Crippen LogP contribution in [0, 0.1) is 0 Å². The van der Waals surface area contributed by atoms with Crippen LogP contribution in [0.3, 0.4) is 0 Å². The lowest BCUT2D eigenvalue weighted by molar-refractivity contribution is 0.199. The highest BCUT2D eigenvalue weighted by atomic mass is 32.2. The molecule has 6 heteroatoms. The van der Waals surface area contributed by atoms with Gasteiger partial charge in [0.1, 0.15) is 5.82 Å². The Balaban J connectivity index is 2.33. The summed E-state index contributed by atoms with van der Waals surface area (Å²) in [6.07, 6.45) is 1.05. The number of pyridine rings is 1. The molecule has 0 aromatic carbocycles. The third-order valence-electron chi connectivity index (χ3n) is 3.21. The van der Waals surface area contributed by atoms with Gasteiger partial charge in [-0.2, -0.15) is 0 Å². The van der Waals surface area contributed by atoms with E-state index in [-0.39, 0.29) is 17.5 Å². The average molecular weight is 270 g/mol. The first-order valence-electron chi connectivity index (χ1n) is 6.01. The molecule has 1 saturated heterocycles. The molecule has 1 unspecified atom stereocenters. The molecule has 0 spiro atoms. The summed E-state index contributed by atoms with van der Waals surface area (Å²) in [5.74, 6) is 0.977. The second-order valence-electron chi connectivity index (χ2n) is 4.75. The molecule has 1 aromatic rings. The summed E-state index contributed by atoms with van der Waals surface area (Å²) in [4.78, 5) is 6.25. The molecule has 100 valence electrons. The van der Waals surface area contributed by atoms with E-state index in [9.17, 15) is 13.5 Å². The Labute approximate surface area is 107 Å². The van der Waals surface area contributed by atoms with E-state index in [2.05, 4.69) is 4.98 Å². The average Bonchev–Trinajstić information content (AvgIpc) is 2.28. The van der Waals surface area contributed by atoms with Crippen molar-refractivity contribution in [2.24, 2.45) is 0 Å². The standard InChI is InChI=1S/C12H18N2O3S/c1-9-8-18(16,17)7-6-14(9)12-11(10(2)15)4-3-5-13-12/h3-5,9-10,15H,6-8H2,1-2H3/t9?,10-/m0/s1. The molecule has 2 rings (SSSR count). The number of anilines is 1. The van der Waals surface area contributed by atoms with E-state index < -0.39 is 15.9 Å². The van der Waals surface area contributed by atoms with Crippen LogP contribution in [0.1, 0.15) is 25.5 Å². The van der Waals surface area contributed by atoms with Gasteiger partial charge in [0.2, 0.25) is 0 Å². The Bertz CT molecular complexity index is 528. The van der Waals surface area contributed by atoms with Crippen LogP contribution in [0.5, 0.6) is 0 Å². The van der Waals surface area contributed by atoms with Gasteiger partial charge in [-0.05, 0) is 19.9 Å². The maximum Gasteiger partial charge on any atom is 0.154 e. The van der Waals surface area contributed by atoms with Crippen LogP contribution < -0.4 is 4.90 Å². The summed E-state index contributed by atoms with van der Waals surface area (Å²) in [7, 11) is -2.94. The van der Waals surface area contributed by atoms with Crippen LogP contribution in [-0.4, -0.2) is 42.6 Å². The van der Waals surface area contributed by atoms with Crippen molar-refractivity contribution in [1.29, 1.82) is 0 Å². The SMILES string of the molecule is CC1CS(=O)(=O)CCN1c1ncccc1[C@H](C)O. The van der Waals surface area contributed by atoms with Crippen LogP contribution >= 0.6 is 0 Å². The molecule has 0 bridgehead atoms. The Morgan fingerprint density at radius 3 is 2.89 bits per heavy atom. The highest BCUT2D eigenvalue weighted by molar-refractivity contribution is 7.91. The van der Waals surface area contributed by atoms with Crippen molar-refractivity contribution in [3.8, 4) is 0 Å². The molecular weight excluding hydrogens is 252 g/mol. The Morgan fingerprint density at radius 1 is 1.56 bits per heavy atom. The monoisotopic (exact) mass is 270 g/mol. The summed E-state index contributed by atoms with van der Waals surface area (Å²) >= 11 is 0. The van der Waals surface area contributed by atoms with Crippen LogP contribution in [-0.2, 0) is 9.84 Å². The van der Waals surface area contributed by atoms with E-state index in [1.54, 1.807) is 19.2 Å². The van der Waals surface area contributed by atoms with E-state index in [1.807, 2.05) is 17.9 Å². The van der Waals surface area contributed by atoms with Crippen LogP contribution in [0.2, 0.25) is 0 Å². The van der Waals surface area contributed by atoms with Gasteiger partial charge in [-0.15, -0.1) is 0 Å². The van der Waals surface area contributed by atoms with Crippen molar-refractivity contribution < 1.29 is 13.5 Å². The molecule has 5 nitrogen and oxygen atoms in total. The molecule has 0 saturated carbocycles. The van der Waals surface area contributed by atoms with Gasteiger partial charge in [-0.3, -0.25) is 0 Å². The van der Waals surface area contributed by atoms with E-state index in [4.69, 9.17) is 0 Å². The summed E-state index contributed by atoms with van der Waals surface area (Å²) in [6.45, 7) is 3.99. The highest BCUT2D eigenvalue weighted by Crippen LogP contribution is 2.27. The van der Waals surface area contributed by atoms with Gasteiger partial charge in [0.15, 0.2) is 9.84 Å². The molecule has 0 amide bonds. The number of aliphatic hydroxyl groups excluding tert-OH is 1. The Morgan fingerprint density at radius 2 is 2.28 bits per heavy atom. The molecule has 2 atom stereocenters. The zero-order valence-corrected chi connectivity index (χ0v) is 11.4. The van der Waals surface area contributed by atoms with Gasteiger partial charge in [0.25, 0.3) is 0 Å². The topological polar surface area (TPSA) is 70.5 Å². The van der Waals surface area contributed by atoms with E-state index in [1.165, 1.54) is 0 Å². The number of aromatic nitrogens is 1. The summed E-state index contributed by atoms with van der Waals surface area (Å²) in [6, 6.07) is 3.48. The van der Waals surface area contributed by atoms with Crippen LogP contribution in [0.4, 0.5) is 5.82 Å². The van der Waals surface area contributed by atoms with Gasteiger partial charge in [-0.1, -0.05) is 6.07 Å². The van der Waals surface area contributed by atoms with E-state index >= 15 is 0 Å². The smallest absolute Gasteiger partial charge is 0.154 e. The van der Waals surface area contributed by atoms with Crippen molar-refractivity contribution >= 4 is 15.7 Å². The fourth-order valence-corrected chi connectivity index (χ4v) is 3.85. The molecule has 1 aliphatic rings. The minimum Gasteiger partial charge on any atom is -0.389 e. The lowest BCUT2D eigenvalue weighted by Gasteiger charge is -2.35. The predicted octanol–water partition coefficient (Wildman–Crippen LogP) is 0.758. The molecular formula is C12H18N2O3S. The summed E-state index contributed by atoms with van der Waals surface area (Å²) in [5.41, 5.74) is 0.739. The van der Waals surface area contributed by atoms with Gasteiger partial charge in [0, 0.05) is 24.3 Å². The number of aliphatic hydroxyl groups is 1. The van der Waals surface area contributed by atoms with Crippen molar-refractivity contribution in [3.63, 3.8) is 0 Å². The molecule has 0 aliphatic carbocycles. The zero-order chi connectivity index (χ0) is 13.3. The molecule has 2 heterocycles.